The van der Waals surface area contributed by atoms with Gasteiger partial charge in [0.25, 0.3) is 0 Å². The SMILES string of the molecule is C[C@@H](O)CN(CC(=O)N1CCc2sccc2[C@H]1COc1ccccc1)CC1CC1. The Morgan fingerprint density at radius 3 is 2.83 bits per heavy atom. The summed E-state index contributed by atoms with van der Waals surface area (Å²) in [6, 6.07) is 11.9. The van der Waals surface area contributed by atoms with Crippen LogP contribution in [0.15, 0.2) is 41.8 Å². The van der Waals surface area contributed by atoms with Crippen molar-refractivity contribution in [2.45, 2.75) is 38.3 Å². The van der Waals surface area contributed by atoms with E-state index in [9.17, 15) is 9.90 Å². The van der Waals surface area contributed by atoms with E-state index in [4.69, 9.17) is 4.74 Å². The molecule has 1 fully saturated rings. The third-order valence-electron chi connectivity index (χ3n) is 5.66. The summed E-state index contributed by atoms with van der Waals surface area (Å²) in [7, 11) is 0. The van der Waals surface area contributed by atoms with Crippen LogP contribution in [0.25, 0.3) is 0 Å². The maximum Gasteiger partial charge on any atom is 0.237 e. The molecule has 2 aliphatic rings. The zero-order chi connectivity index (χ0) is 20.2. The topological polar surface area (TPSA) is 53.0 Å². The van der Waals surface area contributed by atoms with Gasteiger partial charge in [0.05, 0.1) is 18.7 Å². The lowest BCUT2D eigenvalue weighted by Gasteiger charge is -2.37. The number of nitrogens with zero attached hydrogens (tertiary/aromatic N) is 2. The second kappa shape index (κ2) is 9.28. The number of fused-ring (bicyclic) bond motifs is 1. The van der Waals surface area contributed by atoms with Crippen molar-refractivity contribution in [3.63, 3.8) is 0 Å². The number of hydrogen-bond acceptors (Lipinski definition) is 5. The van der Waals surface area contributed by atoms with Crippen molar-refractivity contribution < 1.29 is 14.6 Å². The van der Waals surface area contributed by atoms with Gasteiger partial charge in [0, 0.05) is 24.5 Å². The number of para-hydroxylation sites is 1. The molecule has 4 rings (SSSR count). The summed E-state index contributed by atoms with van der Waals surface area (Å²) >= 11 is 1.77. The molecular weight excluding hydrogens is 384 g/mol. The van der Waals surface area contributed by atoms with Crippen LogP contribution in [-0.4, -0.2) is 59.7 Å². The molecule has 1 aromatic carbocycles. The average molecular weight is 415 g/mol. The number of hydrogen-bond donors (Lipinski definition) is 1. The monoisotopic (exact) mass is 414 g/mol. The van der Waals surface area contributed by atoms with Gasteiger partial charge in [-0.05, 0) is 61.2 Å². The van der Waals surface area contributed by atoms with Gasteiger partial charge in [-0.15, -0.1) is 11.3 Å². The van der Waals surface area contributed by atoms with Crippen molar-refractivity contribution in [2.24, 2.45) is 5.92 Å². The highest BCUT2D eigenvalue weighted by atomic mass is 32.1. The van der Waals surface area contributed by atoms with Crippen LogP contribution in [0.5, 0.6) is 5.75 Å². The number of carbonyl (C=O) groups excluding carboxylic acids is 1. The Bertz CT molecular complexity index is 799. The van der Waals surface area contributed by atoms with E-state index in [2.05, 4.69) is 16.3 Å². The Morgan fingerprint density at radius 1 is 1.31 bits per heavy atom. The number of thiophene rings is 1. The zero-order valence-corrected chi connectivity index (χ0v) is 17.8. The fourth-order valence-electron chi connectivity index (χ4n) is 4.09. The minimum absolute atomic E-state index is 0.0629. The number of amides is 1. The molecule has 5 nitrogen and oxygen atoms in total. The molecular formula is C23H30N2O3S. The van der Waals surface area contributed by atoms with Gasteiger partial charge in [0.1, 0.15) is 12.4 Å². The normalized spacial score (nSPS) is 19.8. The highest BCUT2D eigenvalue weighted by molar-refractivity contribution is 7.10. The van der Waals surface area contributed by atoms with Crippen molar-refractivity contribution in [1.82, 2.24) is 9.80 Å². The summed E-state index contributed by atoms with van der Waals surface area (Å²) in [4.78, 5) is 18.8. The predicted molar refractivity (Wildman–Crippen MR) is 115 cm³/mol. The Labute approximate surface area is 176 Å². The van der Waals surface area contributed by atoms with Crippen molar-refractivity contribution in [1.29, 1.82) is 0 Å². The van der Waals surface area contributed by atoms with Crippen LogP contribution in [0, 0.1) is 5.92 Å². The first-order valence-electron chi connectivity index (χ1n) is 10.5. The smallest absolute Gasteiger partial charge is 0.237 e. The molecule has 1 N–H and O–H groups in total. The lowest BCUT2D eigenvalue weighted by molar-refractivity contribution is -0.136. The van der Waals surface area contributed by atoms with Crippen LogP contribution >= 0.6 is 11.3 Å². The molecule has 0 bridgehead atoms. The standard InChI is InChI=1S/C23H30N2O3S/c1-17(26)13-24(14-18-7-8-18)15-23(27)25-11-9-22-20(10-12-29-22)21(25)16-28-19-5-3-2-4-6-19/h2-6,10,12,17-18,21,26H,7-9,11,13-16H2,1H3/t17-,21-/m1/s1. The summed E-state index contributed by atoms with van der Waals surface area (Å²) in [6.45, 7) is 4.78. The minimum Gasteiger partial charge on any atom is -0.491 e. The molecule has 2 heterocycles. The van der Waals surface area contributed by atoms with Crippen LogP contribution < -0.4 is 4.74 Å². The minimum atomic E-state index is -0.427. The number of aliphatic hydroxyl groups is 1. The van der Waals surface area contributed by atoms with Gasteiger partial charge in [-0.2, -0.15) is 0 Å². The molecule has 1 saturated carbocycles. The fraction of sp³-hybridized carbons (Fsp3) is 0.522. The van der Waals surface area contributed by atoms with E-state index < -0.39 is 6.10 Å². The largest absolute Gasteiger partial charge is 0.491 e. The first-order valence-corrected chi connectivity index (χ1v) is 11.4. The molecule has 0 saturated heterocycles. The molecule has 2 aromatic rings. The van der Waals surface area contributed by atoms with Gasteiger partial charge in [0.2, 0.25) is 5.91 Å². The highest BCUT2D eigenvalue weighted by Crippen LogP contribution is 2.34. The van der Waals surface area contributed by atoms with E-state index >= 15 is 0 Å². The Balaban J connectivity index is 1.46. The van der Waals surface area contributed by atoms with Gasteiger partial charge in [0.15, 0.2) is 0 Å². The Morgan fingerprint density at radius 2 is 2.10 bits per heavy atom. The lowest BCUT2D eigenvalue weighted by Crippen LogP contribution is -2.48. The van der Waals surface area contributed by atoms with Gasteiger partial charge in [-0.1, -0.05) is 18.2 Å². The number of rotatable bonds is 9. The van der Waals surface area contributed by atoms with Gasteiger partial charge in [-0.25, -0.2) is 0 Å². The Kier molecular flexibility index (Phi) is 6.53. The summed E-state index contributed by atoms with van der Waals surface area (Å²) in [6.07, 6.45) is 2.95. The molecule has 0 spiro atoms. The summed E-state index contributed by atoms with van der Waals surface area (Å²) in [5, 5.41) is 12.0. The third-order valence-corrected chi connectivity index (χ3v) is 6.66. The summed E-state index contributed by atoms with van der Waals surface area (Å²) in [5.74, 6) is 1.64. The second-order valence-electron chi connectivity index (χ2n) is 8.26. The molecule has 1 aliphatic carbocycles. The lowest BCUT2D eigenvalue weighted by atomic mass is 10.0. The van der Waals surface area contributed by atoms with Gasteiger partial charge >= 0.3 is 0 Å². The molecule has 6 heteroatoms. The summed E-state index contributed by atoms with van der Waals surface area (Å²) < 4.78 is 6.05. The Hall–Kier alpha value is -1.89. The number of aliphatic hydroxyl groups excluding tert-OH is 1. The maximum absolute atomic E-state index is 13.3. The molecule has 0 radical (unpaired) electrons. The fourth-order valence-corrected chi connectivity index (χ4v) is 5.02. The van der Waals surface area contributed by atoms with Crippen LogP contribution in [0.4, 0.5) is 0 Å². The quantitative estimate of drug-likeness (QED) is 0.684. The molecule has 0 unspecified atom stereocenters. The molecule has 29 heavy (non-hydrogen) atoms. The van der Waals surface area contributed by atoms with E-state index in [-0.39, 0.29) is 11.9 Å². The van der Waals surface area contributed by atoms with Crippen LogP contribution in [-0.2, 0) is 11.2 Å². The van der Waals surface area contributed by atoms with E-state index in [1.807, 2.05) is 35.2 Å². The van der Waals surface area contributed by atoms with E-state index in [0.29, 0.717) is 25.6 Å². The van der Waals surface area contributed by atoms with E-state index in [1.54, 1.807) is 18.3 Å². The molecule has 2 atom stereocenters. The van der Waals surface area contributed by atoms with Crippen molar-refractivity contribution in [3.8, 4) is 5.75 Å². The molecule has 1 amide bonds. The van der Waals surface area contributed by atoms with Crippen molar-refractivity contribution >= 4 is 17.2 Å². The van der Waals surface area contributed by atoms with Crippen molar-refractivity contribution in [3.05, 3.63) is 52.2 Å². The maximum atomic E-state index is 13.3. The van der Waals surface area contributed by atoms with Gasteiger partial charge < -0.3 is 14.7 Å². The van der Waals surface area contributed by atoms with Gasteiger partial charge in [-0.3, -0.25) is 9.69 Å². The summed E-state index contributed by atoms with van der Waals surface area (Å²) in [5.41, 5.74) is 1.22. The molecule has 1 aliphatic heterocycles. The second-order valence-corrected chi connectivity index (χ2v) is 9.26. The zero-order valence-electron chi connectivity index (χ0n) is 17.0. The van der Waals surface area contributed by atoms with Crippen molar-refractivity contribution in [2.75, 3.05) is 32.8 Å². The van der Waals surface area contributed by atoms with Crippen LogP contribution in [0.3, 0.4) is 0 Å². The molecule has 1 aromatic heterocycles. The third kappa shape index (κ3) is 5.38. The number of carbonyl (C=O) groups is 1. The van der Waals surface area contributed by atoms with Crippen LogP contribution in [0.1, 0.15) is 36.2 Å². The van der Waals surface area contributed by atoms with E-state index in [0.717, 1.165) is 25.3 Å². The van der Waals surface area contributed by atoms with E-state index in [1.165, 1.54) is 23.3 Å². The highest BCUT2D eigenvalue weighted by Gasteiger charge is 2.34. The predicted octanol–water partition coefficient (Wildman–Crippen LogP) is 3.35. The average Bonchev–Trinajstić information content (AvgIpc) is 3.38. The first kappa shape index (κ1) is 20.4. The number of benzene rings is 1. The number of ether oxygens (including phenoxy) is 1. The van der Waals surface area contributed by atoms with Crippen LogP contribution in [0.2, 0.25) is 0 Å². The first-order chi connectivity index (χ1) is 14.1. The molecule has 156 valence electrons.